The second-order valence-corrected chi connectivity index (χ2v) is 5.22. The lowest BCUT2D eigenvalue weighted by molar-refractivity contribution is -0.130. The highest BCUT2D eigenvalue weighted by Crippen LogP contribution is 2.28. The van der Waals surface area contributed by atoms with E-state index >= 15 is 0 Å². The van der Waals surface area contributed by atoms with Gasteiger partial charge in [0.25, 0.3) is 0 Å². The number of nitrogens with two attached hydrogens (primary N) is 1. The molecule has 0 aromatic heterocycles. The molecular weight excluding hydrogens is 230 g/mol. The average Bonchev–Trinajstić information content (AvgIpc) is 2.33. The Labute approximate surface area is 109 Å². The number of carbonyl (C=O) groups excluding carboxylic acids is 2. The number of nitrogens with one attached hydrogen (secondary N) is 2. The van der Waals surface area contributed by atoms with Gasteiger partial charge in [0, 0.05) is 18.5 Å². The average molecular weight is 255 g/mol. The number of rotatable bonds is 5. The maximum atomic E-state index is 12.0. The molecule has 0 bridgehead atoms. The van der Waals surface area contributed by atoms with E-state index in [9.17, 15) is 9.59 Å². The van der Waals surface area contributed by atoms with Crippen molar-refractivity contribution in [2.75, 3.05) is 13.1 Å². The maximum absolute atomic E-state index is 12.0. The van der Waals surface area contributed by atoms with Crippen molar-refractivity contribution in [2.24, 2.45) is 17.6 Å². The van der Waals surface area contributed by atoms with Crippen LogP contribution >= 0.6 is 0 Å². The monoisotopic (exact) mass is 255 g/mol. The second kappa shape index (κ2) is 7.36. The minimum absolute atomic E-state index is 0.00350. The zero-order chi connectivity index (χ0) is 13.5. The quantitative estimate of drug-likeness (QED) is 0.664. The first-order chi connectivity index (χ1) is 8.54. The van der Waals surface area contributed by atoms with Gasteiger partial charge in [0.05, 0.1) is 6.54 Å². The van der Waals surface area contributed by atoms with Crippen LogP contribution in [0.3, 0.4) is 0 Å². The van der Waals surface area contributed by atoms with Gasteiger partial charge in [-0.05, 0) is 31.6 Å². The van der Waals surface area contributed by atoms with Gasteiger partial charge in [-0.1, -0.05) is 13.8 Å². The molecule has 0 aromatic carbocycles. The topological polar surface area (TPSA) is 84.2 Å². The molecular formula is C13H25N3O2. The molecule has 1 aliphatic carbocycles. The van der Waals surface area contributed by atoms with E-state index in [0.29, 0.717) is 12.5 Å². The summed E-state index contributed by atoms with van der Waals surface area (Å²) < 4.78 is 0. The molecule has 1 aliphatic rings. The van der Waals surface area contributed by atoms with E-state index in [4.69, 9.17) is 5.73 Å². The van der Waals surface area contributed by atoms with E-state index in [1.165, 1.54) is 0 Å². The number of hydrogen-bond donors (Lipinski definition) is 3. The summed E-state index contributed by atoms with van der Waals surface area (Å²) in [5.41, 5.74) is 5.87. The fourth-order valence-electron chi connectivity index (χ4n) is 2.45. The van der Waals surface area contributed by atoms with Crippen molar-refractivity contribution >= 4 is 11.8 Å². The standard InChI is InChI=1S/C13H25N3O2/c1-3-6-15-12(17)8-16-13(18)11-5-4-10(14)7-9(11)2/h9-11H,3-8,14H2,1-2H3,(H,15,17)(H,16,18). The van der Waals surface area contributed by atoms with Crippen LogP contribution in [0.25, 0.3) is 0 Å². The Morgan fingerprint density at radius 2 is 2.00 bits per heavy atom. The van der Waals surface area contributed by atoms with Crippen LogP contribution in [-0.4, -0.2) is 30.9 Å². The van der Waals surface area contributed by atoms with E-state index in [1.807, 2.05) is 6.92 Å². The van der Waals surface area contributed by atoms with Gasteiger partial charge in [0.15, 0.2) is 0 Å². The highest BCUT2D eigenvalue weighted by Gasteiger charge is 2.30. The van der Waals surface area contributed by atoms with Gasteiger partial charge >= 0.3 is 0 Å². The van der Waals surface area contributed by atoms with Gasteiger partial charge in [-0.15, -0.1) is 0 Å². The zero-order valence-electron chi connectivity index (χ0n) is 11.4. The lowest BCUT2D eigenvalue weighted by Gasteiger charge is -2.31. The van der Waals surface area contributed by atoms with Crippen LogP contribution in [-0.2, 0) is 9.59 Å². The summed E-state index contributed by atoms with van der Waals surface area (Å²) in [6.07, 6.45) is 3.51. The largest absolute Gasteiger partial charge is 0.355 e. The fourth-order valence-corrected chi connectivity index (χ4v) is 2.45. The predicted octanol–water partition coefficient (Wildman–Crippen LogP) is 0.392. The molecule has 3 unspecified atom stereocenters. The Morgan fingerprint density at radius 3 is 2.61 bits per heavy atom. The normalized spacial score (nSPS) is 27.6. The van der Waals surface area contributed by atoms with Gasteiger partial charge in [0.2, 0.25) is 11.8 Å². The Hall–Kier alpha value is -1.10. The lowest BCUT2D eigenvalue weighted by Crippen LogP contribution is -2.44. The third-order valence-electron chi connectivity index (χ3n) is 3.54. The van der Waals surface area contributed by atoms with E-state index in [-0.39, 0.29) is 30.3 Å². The molecule has 3 atom stereocenters. The summed E-state index contributed by atoms with van der Waals surface area (Å²) in [5, 5.41) is 5.45. The molecule has 5 heteroatoms. The van der Waals surface area contributed by atoms with Gasteiger partial charge in [-0.25, -0.2) is 0 Å². The summed E-state index contributed by atoms with van der Waals surface area (Å²) in [7, 11) is 0. The predicted molar refractivity (Wildman–Crippen MR) is 70.8 cm³/mol. The van der Waals surface area contributed by atoms with Crippen molar-refractivity contribution in [3.05, 3.63) is 0 Å². The Morgan fingerprint density at radius 1 is 1.28 bits per heavy atom. The maximum Gasteiger partial charge on any atom is 0.239 e. The van der Waals surface area contributed by atoms with E-state index < -0.39 is 0 Å². The van der Waals surface area contributed by atoms with Crippen molar-refractivity contribution in [3.63, 3.8) is 0 Å². The molecule has 1 saturated carbocycles. The van der Waals surface area contributed by atoms with E-state index in [0.717, 1.165) is 25.7 Å². The highest BCUT2D eigenvalue weighted by molar-refractivity contribution is 5.85. The molecule has 104 valence electrons. The molecule has 2 amide bonds. The van der Waals surface area contributed by atoms with Crippen LogP contribution < -0.4 is 16.4 Å². The molecule has 0 saturated heterocycles. The van der Waals surface area contributed by atoms with Crippen LogP contribution in [0.2, 0.25) is 0 Å². The number of amides is 2. The summed E-state index contributed by atoms with van der Waals surface area (Å²) >= 11 is 0. The zero-order valence-corrected chi connectivity index (χ0v) is 11.4. The summed E-state index contributed by atoms with van der Waals surface area (Å²) in [6.45, 7) is 4.78. The smallest absolute Gasteiger partial charge is 0.239 e. The number of carbonyl (C=O) groups is 2. The lowest BCUT2D eigenvalue weighted by atomic mass is 9.78. The van der Waals surface area contributed by atoms with Crippen LogP contribution in [0.15, 0.2) is 0 Å². The van der Waals surface area contributed by atoms with Crippen LogP contribution in [0, 0.1) is 11.8 Å². The van der Waals surface area contributed by atoms with Gasteiger partial charge in [0.1, 0.15) is 0 Å². The molecule has 1 rings (SSSR count). The molecule has 0 heterocycles. The van der Waals surface area contributed by atoms with Gasteiger partial charge in [-0.2, -0.15) is 0 Å². The minimum atomic E-state index is -0.120. The Balaban J connectivity index is 2.30. The highest BCUT2D eigenvalue weighted by atomic mass is 16.2. The summed E-state index contributed by atoms with van der Waals surface area (Å²) in [4.78, 5) is 23.3. The Kier molecular flexibility index (Phi) is 6.12. The first-order valence-corrected chi connectivity index (χ1v) is 6.84. The molecule has 0 radical (unpaired) electrons. The molecule has 4 N–H and O–H groups in total. The first kappa shape index (κ1) is 15.0. The van der Waals surface area contributed by atoms with Crippen molar-refractivity contribution in [2.45, 2.75) is 45.6 Å². The Bertz CT molecular complexity index is 294. The van der Waals surface area contributed by atoms with E-state index in [2.05, 4.69) is 17.6 Å². The molecule has 0 aromatic rings. The molecule has 1 fully saturated rings. The molecule has 5 nitrogen and oxygen atoms in total. The van der Waals surface area contributed by atoms with Crippen LogP contribution in [0.5, 0.6) is 0 Å². The third-order valence-corrected chi connectivity index (χ3v) is 3.54. The number of hydrogen-bond acceptors (Lipinski definition) is 3. The minimum Gasteiger partial charge on any atom is -0.355 e. The van der Waals surface area contributed by atoms with Crippen LogP contribution in [0.4, 0.5) is 0 Å². The third kappa shape index (κ3) is 4.64. The second-order valence-electron chi connectivity index (χ2n) is 5.22. The molecule has 18 heavy (non-hydrogen) atoms. The van der Waals surface area contributed by atoms with E-state index in [1.54, 1.807) is 0 Å². The van der Waals surface area contributed by atoms with Gasteiger partial charge < -0.3 is 16.4 Å². The van der Waals surface area contributed by atoms with Crippen molar-refractivity contribution in [1.29, 1.82) is 0 Å². The summed E-state index contributed by atoms with van der Waals surface area (Å²) in [5.74, 6) is 0.169. The molecule has 0 aliphatic heterocycles. The SMILES string of the molecule is CCCNC(=O)CNC(=O)C1CCC(N)CC1C. The van der Waals surface area contributed by atoms with Crippen molar-refractivity contribution in [3.8, 4) is 0 Å². The summed E-state index contributed by atoms with van der Waals surface area (Å²) in [6, 6.07) is 0.219. The van der Waals surface area contributed by atoms with Crippen molar-refractivity contribution < 1.29 is 9.59 Å². The van der Waals surface area contributed by atoms with Gasteiger partial charge in [-0.3, -0.25) is 9.59 Å². The molecule has 0 spiro atoms. The fraction of sp³-hybridized carbons (Fsp3) is 0.846. The first-order valence-electron chi connectivity index (χ1n) is 6.84. The van der Waals surface area contributed by atoms with Crippen LogP contribution in [0.1, 0.15) is 39.5 Å². The van der Waals surface area contributed by atoms with Crippen molar-refractivity contribution in [1.82, 2.24) is 10.6 Å².